The van der Waals surface area contributed by atoms with Crippen molar-refractivity contribution in [3.05, 3.63) is 21.9 Å². The fourth-order valence-corrected chi connectivity index (χ4v) is 3.32. The first-order valence-electron chi connectivity index (χ1n) is 5.58. The standard InChI is InChI=1S/C12H14N2O3S2/c1-2-12(7-13)19(16,17)14-8-11-6-10(9-18-11)4-3-5-15/h6,9,12,14-15H,2,5,8H2,1H3. The molecule has 1 unspecified atom stereocenters. The van der Waals surface area contributed by atoms with E-state index in [-0.39, 0.29) is 19.6 Å². The second-order valence-electron chi connectivity index (χ2n) is 3.65. The van der Waals surface area contributed by atoms with E-state index < -0.39 is 15.3 Å². The normalized spacial score (nSPS) is 12.3. The van der Waals surface area contributed by atoms with Gasteiger partial charge in [0.1, 0.15) is 6.61 Å². The first kappa shape index (κ1) is 15.7. The molecule has 0 aliphatic heterocycles. The zero-order chi connectivity index (χ0) is 14.3. The smallest absolute Gasteiger partial charge is 0.228 e. The minimum Gasteiger partial charge on any atom is -0.384 e. The summed E-state index contributed by atoms with van der Waals surface area (Å²) >= 11 is 1.37. The maximum Gasteiger partial charge on any atom is 0.228 e. The predicted octanol–water partition coefficient (Wildman–Crippen LogP) is 0.813. The fraction of sp³-hybridized carbons (Fsp3) is 0.417. The fourth-order valence-electron chi connectivity index (χ4n) is 1.33. The third-order valence-electron chi connectivity index (χ3n) is 2.30. The molecule has 1 aromatic rings. The Morgan fingerprint density at radius 2 is 2.32 bits per heavy atom. The average Bonchev–Trinajstić information content (AvgIpc) is 2.83. The van der Waals surface area contributed by atoms with E-state index in [1.165, 1.54) is 11.3 Å². The Morgan fingerprint density at radius 3 is 2.89 bits per heavy atom. The molecule has 0 saturated carbocycles. The second-order valence-corrected chi connectivity index (χ2v) is 6.60. The van der Waals surface area contributed by atoms with Crippen LogP contribution < -0.4 is 4.72 Å². The number of thiophene rings is 1. The lowest BCUT2D eigenvalue weighted by atomic mass is 10.3. The molecule has 0 aromatic carbocycles. The van der Waals surface area contributed by atoms with Gasteiger partial charge in [0.15, 0.2) is 5.25 Å². The van der Waals surface area contributed by atoms with Crippen LogP contribution in [-0.2, 0) is 16.6 Å². The molecule has 0 aliphatic carbocycles. The molecule has 1 atom stereocenters. The second kappa shape index (κ2) is 7.27. The summed E-state index contributed by atoms with van der Waals surface area (Å²) in [6, 6.07) is 3.52. The average molecular weight is 298 g/mol. The molecular weight excluding hydrogens is 284 g/mol. The van der Waals surface area contributed by atoms with E-state index in [2.05, 4.69) is 16.6 Å². The number of nitrogens with zero attached hydrogens (tertiary/aromatic N) is 1. The summed E-state index contributed by atoms with van der Waals surface area (Å²) in [4.78, 5) is 0.804. The summed E-state index contributed by atoms with van der Waals surface area (Å²) in [5.74, 6) is 5.26. The Hall–Kier alpha value is -1.38. The Kier molecular flexibility index (Phi) is 6.00. The van der Waals surface area contributed by atoms with Crippen LogP contribution in [-0.4, -0.2) is 25.4 Å². The predicted molar refractivity (Wildman–Crippen MR) is 73.7 cm³/mol. The van der Waals surface area contributed by atoms with Gasteiger partial charge in [0.25, 0.3) is 0 Å². The largest absolute Gasteiger partial charge is 0.384 e. The van der Waals surface area contributed by atoms with Gasteiger partial charge in [-0.05, 0) is 12.5 Å². The van der Waals surface area contributed by atoms with Gasteiger partial charge in [-0.2, -0.15) is 5.26 Å². The Morgan fingerprint density at radius 1 is 1.58 bits per heavy atom. The molecular formula is C12H14N2O3S2. The molecule has 0 radical (unpaired) electrons. The molecule has 1 aromatic heterocycles. The molecule has 7 heteroatoms. The van der Waals surface area contributed by atoms with Gasteiger partial charge in [-0.15, -0.1) is 11.3 Å². The van der Waals surface area contributed by atoms with Crippen molar-refractivity contribution in [2.24, 2.45) is 0 Å². The summed E-state index contributed by atoms with van der Waals surface area (Å²) in [5.41, 5.74) is 0.737. The molecule has 5 nitrogen and oxygen atoms in total. The Bertz CT molecular complexity index is 617. The number of rotatable bonds is 5. The SMILES string of the molecule is CCC(C#N)S(=O)(=O)NCc1cc(C#CCO)cs1. The number of aliphatic hydroxyl groups is 1. The maximum atomic E-state index is 11.8. The number of hydrogen-bond acceptors (Lipinski definition) is 5. The Labute approximate surface area is 116 Å². The van der Waals surface area contributed by atoms with E-state index in [0.29, 0.717) is 0 Å². The van der Waals surface area contributed by atoms with Gasteiger partial charge < -0.3 is 5.11 Å². The lowest BCUT2D eigenvalue weighted by Gasteiger charge is -2.08. The highest BCUT2D eigenvalue weighted by molar-refractivity contribution is 7.90. The number of nitriles is 1. The van der Waals surface area contributed by atoms with Gasteiger partial charge >= 0.3 is 0 Å². The van der Waals surface area contributed by atoms with Gasteiger partial charge in [-0.1, -0.05) is 18.8 Å². The monoisotopic (exact) mass is 298 g/mol. The third kappa shape index (κ3) is 4.66. The first-order valence-corrected chi connectivity index (χ1v) is 8.01. The lowest BCUT2D eigenvalue weighted by molar-refractivity contribution is 0.350. The van der Waals surface area contributed by atoms with E-state index >= 15 is 0 Å². The molecule has 0 aliphatic rings. The van der Waals surface area contributed by atoms with Crippen molar-refractivity contribution in [1.29, 1.82) is 5.26 Å². The Balaban J connectivity index is 2.67. The summed E-state index contributed by atoms with van der Waals surface area (Å²) in [6.45, 7) is 1.59. The van der Waals surface area contributed by atoms with Gasteiger partial charge in [-0.3, -0.25) is 0 Å². The number of nitrogens with one attached hydrogen (secondary N) is 1. The minimum atomic E-state index is -3.61. The zero-order valence-corrected chi connectivity index (χ0v) is 12.0. The number of sulfonamides is 1. The molecule has 0 amide bonds. The quantitative estimate of drug-likeness (QED) is 0.787. The molecule has 1 rings (SSSR count). The summed E-state index contributed by atoms with van der Waals surface area (Å²) < 4.78 is 25.9. The van der Waals surface area contributed by atoms with Crippen molar-refractivity contribution in [3.8, 4) is 17.9 Å². The van der Waals surface area contributed by atoms with Crippen LogP contribution in [0.1, 0.15) is 23.8 Å². The van der Waals surface area contributed by atoms with Crippen LogP contribution in [0.2, 0.25) is 0 Å². The van der Waals surface area contributed by atoms with E-state index in [0.717, 1.165) is 10.4 Å². The van der Waals surface area contributed by atoms with Gasteiger partial charge in [-0.25, -0.2) is 13.1 Å². The van der Waals surface area contributed by atoms with Gasteiger partial charge in [0.05, 0.1) is 6.07 Å². The van der Waals surface area contributed by atoms with Crippen molar-refractivity contribution in [2.75, 3.05) is 6.61 Å². The van der Waals surface area contributed by atoms with E-state index in [1.54, 1.807) is 24.4 Å². The van der Waals surface area contributed by atoms with Crippen LogP contribution in [0.4, 0.5) is 0 Å². The topological polar surface area (TPSA) is 90.2 Å². The molecule has 0 bridgehead atoms. The zero-order valence-electron chi connectivity index (χ0n) is 10.4. The van der Waals surface area contributed by atoms with E-state index in [9.17, 15) is 8.42 Å². The molecule has 102 valence electrons. The van der Waals surface area contributed by atoms with Crippen LogP contribution in [0.3, 0.4) is 0 Å². The lowest BCUT2D eigenvalue weighted by Crippen LogP contribution is -2.32. The van der Waals surface area contributed by atoms with Crippen LogP contribution >= 0.6 is 11.3 Å². The maximum absolute atomic E-state index is 11.8. The van der Waals surface area contributed by atoms with Crippen molar-refractivity contribution in [2.45, 2.75) is 25.1 Å². The summed E-state index contributed by atoms with van der Waals surface area (Å²) in [5, 5.41) is 18.1. The highest BCUT2D eigenvalue weighted by Gasteiger charge is 2.22. The van der Waals surface area contributed by atoms with Gasteiger partial charge in [0.2, 0.25) is 10.0 Å². The molecule has 1 heterocycles. The number of hydrogen-bond donors (Lipinski definition) is 2. The van der Waals surface area contributed by atoms with Crippen LogP contribution in [0.5, 0.6) is 0 Å². The molecule has 0 fully saturated rings. The first-order chi connectivity index (χ1) is 9.03. The van der Waals surface area contributed by atoms with Crippen LogP contribution in [0.15, 0.2) is 11.4 Å². The van der Waals surface area contributed by atoms with Crippen molar-refractivity contribution in [1.82, 2.24) is 4.72 Å². The third-order valence-corrected chi connectivity index (χ3v) is 4.97. The van der Waals surface area contributed by atoms with Gasteiger partial charge in [0, 0.05) is 22.4 Å². The molecule has 19 heavy (non-hydrogen) atoms. The molecule has 0 spiro atoms. The highest BCUT2D eigenvalue weighted by Crippen LogP contribution is 2.14. The van der Waals surface area contributed by atoms with Crippen molar-refractivity contribution >= 4 is 21.4 Å². The summed E-state index contributed by atoms with van der Waals surface area (Å²) in [7, 11) is -3.61. The minimum absolute atomic E-state index is 0.145. The van der Waals surface area contributed by atoms with Crippen molar-refractivity contribution < 1.29 is 13.5 Å². The number of aliphatic hydroxyl groups excluding tert-OH is 1. The van der Waals surface area contributed by atoms with E-state index in [1.807, 2.05) is 0 Å². The molecule has 2 N–H and O–H groups in total. The van der Waals surface area contributed by atoms with Crippen molar-refractivity contribution in [3.63, 3.8) is 0 Å². The van der Waals surface area contributed by atoms with Crippen LogP contribution in [0.25, 0.3) is 0 Å². The van der Waals surface area contributed by atoms with Crippen LogP contribution in [0, 0.1) is 23.2 Å². The molecule has 0 saturated heterocycles. The highest BCUT2D eigenvalue weighted by atomic mass is 32.2. The summed E-state index contributed by atoms with van der Waals surface area (Å²) in [6.07, 6.45) is 0.253. The van der Waals surface area contributed by atoms with E-state index in [4.69, 9.17) is 10.4 Å².